The molecule has 36 heavy (non-hydrogen) atoms. The zero-order valence-electron chi connectivity index (χ0n) is 22.2. The van der Waals surface area contributed by atoms with Crippen molar-refractivity contribution in [3.63, 3.8) is 0 Å². The van der Waals surface area contributed by atoms with Crippen LogP contribution < -0.4 is 9.47 Å². The Morgan fingerprint density at radius 1 is 1.06 bits per heavy atom. The number of amides is 1. The minimum atomic E-state index is -0.741. The molecule has 1 fully saturated rings. The standard InChI is InChI=1S/C29H38N2O5/c1-7-35-24-18-22(12-13-23(24)36-17-14-19(2)3)26-25(27(32)21-10-8-20(4)9-11-21)28(33)29(34)31(26)16-15-30(5)6/h8-13,18-19,26,32H,7,14-17H2,1-6H3. The summed E-state index contributed by atoms with van der Waals surface area (Å²) < 4.78 is 11.9. The number of hydrogen-bond acceptors (Lipinski definition) is 6. The molecule has 0 spiro atoms. The van der Waals surface area contributed by atoms with Crippen molar-refractivity contribution < 1.29 is 24.2 Å². The quantitative estimate of drug-likeness (QED) is 0.275. The van der Waals surface area contributed by atoms with E-state index in [1.54, 1.807) is 12.1 Å². The first kappa shape index (κ1) is 27.3. The number of benzene rings is 2. The lowest BCUT2D eigenvalue weighted by Gasteiger charge is -2.27. The van der Waals surface area contributed by atoms with E-state index in [0.29, 0.717) is 54.8 Å². The number of likely N-dealkylation sites (tertiary alicyclic amines) is 1. The summed E-state index contributed by atoms with van der Waals surface area (Å²) in [5, 5.41) is 11.2. The fourth-order valence-corrected chi connectivity index (χ4v) is 4.12. The molecule has 194 valence electrons. The number of aliphatic hydroxyl groups excluding tert-OH is 1. The van der Waals surface area contributed by atoms with Gasteiger partial charge in [0.2, 0.25) is 0 Å². The molecule has 1 aliphatic heterocycles. The molecule has 1 unspecified atom stereocenters. The molecule has 0 aromatic heterocycles. The lowest BCUT2D eigenvalue weighted by Crippen LogP contribution is -2.35. The molecule has 2 aromatic rings. The van der Waals surface area contributed by atoms with E-state index < -0.39 is 17.7 Å². The summed E-state index contributed by atoms with van der Waals surface area (Å²) in [6.45, 7) is 10.0. The molecular weight excluding hydrogens is 456 g/mol. The van der Waals surface area contributed by atoms with E-state index in [0.717, 1.165) is 12.0 Å². The molecule has 0 radical (unpaired) electrons. The van der Waals surface area contributed by atoms with Crippen molar-refractivity contribution in [1.82, 2.24) is 9.80 Å². The summed E-state index contributed by atoms with van der Waals surface area (Å²) in [5.74, 6) is 0.189. The average Bonchev–Trinajstić information content (AvgIpc) is 3.08. The van der Waals surface area contributed by atoms with Gasteiger partial charge in [0.05, 0.1) is 24.8 Å². The third-order valence-electron chi connectivity index (χ3n) is 6.19. The zero-order chi connectivity index (χ0) is 26.4. The Kier molecular flexibility index (Phi) is 9.15. The Morgan fingerprint density at radius 3 is 2.36 bits per heavy atom. The summed E-state index contributed by atoms with van der Waals surface area (Å²) in [5.41, 5.74) is 2.29. The van der Waals surface area contributed by atoms with Crippen molar-refractivity contribution in [2.75, 3.05) is 40.4 Å². The molecular formula is C29H38N2O5. The van der Waals surface area contributed by atoms with Gasteiger partial charge < -0.3 is 24.4 Å². The highest BCUT2D eigenvalue weighted by molar-refractivity contribution is 6.46. The predicted molar refractivity (Wildman–Crippen MR) is 141 cm³/mol. The van der Waals surface area contributed by atoms with Gasteiger partial charge in [0.1, 0.15) is 5.76 Å². The molecule has 1 saturated heterocycles. The molecule has 1 N–H and O–H groups in total. The Hall–Kier alpha value is -3.32. The van der Waals surface area contributed by atoms with Crippen LogP contribution in [0.5, 0.6) is 11.5 Å². The predicted octanol–water partition coefficient (Wildman–Crippen LogP) is 4.80. The van der Waals surface area contributed by atoms with Gasteiger partial charge >= 0.3 is 0 Å². The van der Waals surface area contributed by atoms with Gasteiger partial charge in [-0.15, -0.1) is 0 Å². The van der Waals surface area contributed by atoms with E-state index in [-0.39, 0.29) is 11.3 Å². The maximum absolute atomic E-state index is 13.2. The van der Waals surface area contributed by atoms with E-state index in [1.165, 1.54) is 4.90 Å². The van der Waals surface area contributed by atoms with Crippen LogP contribution in [0.1, 0.15) is 49.9 Å². The number of aliphatic hydroxyl groups is 1. The molecule has 0 saturated carbocycles. The van der Waals surface area contributed by atoms with Gasteiger partial charge in [-0.1, -0.05) is 49.7 Å². The number of hydrogen-bond donors (Lipinski definition) is 1. The smallest absolute Gasteiger partial charge is 0.295 e. The molecule has 0 bridgehead atoms. The molecule has 1 amide bonds. The second kappa shape index (κ2) is 12.1. The summed E-state index contributed by atoms with van der Waals surface area (Å²) in [4.78, 5) is 29.9. The minimum absolute atomic E-state index is 0.0820. The third-order valence-corrected chi connectivity index (χ3v) is 6.19. The molecule has 3 rings (SSSR count). The Labute approximate surface area is 214 Å². The van der Waals surface area contributed by atoms with Crippen LogP contribution >= 0.6 is 0 Å². The maximum Gasteiger partial charge on any atom is 0.295 e. The molecule has 1 heterocycles. The van der Waals surface area contributed by atoms with Gasteiger partial charge in [0.25, 0.3) is 11.7 Å². The number of nitrogens with zero attached hydrogens (tertiary/aromatic N) is 2. The second-order valence-electron chi connectivity index (χ2n) is 9.83. The van der Waals surface area contributed by atoms with Crippen molar-refractivity contribution in [3.05, 3.63) is 64.7 Å². The van der Waals surface area contributed by atoms with Crippen LogP contribution in [0.15, 0.2) is 48.0 Å². The van der Waals surface area contributed by atoms with E-state index in [1.807, 2.05) is 63.2 Å². The number of carbonyl (C=O) groups is 2. The average molecular weight is 495 g/mol. The Balaban J connectivity index is 2.10. The molecule has 2 aromatic carbocycles. The summed E-state index contributed by atoms with van der Waals surface area (Å²) in [6.07, 6.45) is 0.911. The normalized spacial score (nSPS) is 17.3. The van der Waals surface area contributed by atoms with Gasteiger partial charge in [-0.3, -0.25) is 9.59 Å². The lowest BCUT2D eigenvalue weighted by molar-refractivity contribution is -0.140. The van der Waals surface area contributed by atoms with Crippen LogP contribution in [0.2, 0.25) is 0 Å². The highest BCUT2D eigenvalue weighted by atomic mass is 16.5. The fraction of sp³-hybridized carbons (Fsp3) is 0.448. The van der Waals surface area contributed by atoms with Gasteiger partial charge in [-0.25, -0.2) is 0 Å². The van der Waals surface area contributed by atoms with Gasteiger partial charge in [-0.05, 0) is 58.0 Å². The van der Waals surface area contributed by atoms with Gasteiger partial charge in [0.15, 0.2) is 11.5 Å². The SMILES string of the molecule is CCOc1cc(C2C(=C(O)c3ccc(C)cc3)C(=O)C(=O)N2CCN(C)C)ccc1OCCC(C)C. The Morgan fingerprint density at radius 2 is 1.75 bits per heavy atom. The van der Waals surface area contributed by atoms with Gasteiger partial charge in [-0.2, -0.15) is 0 Å². The third kappa shape index (κ3) is 6.26. The van der Waals surface area contributed by atoms with Crippen molar-refractivity contribution in [1.29, 1.82) is 0 Å². The number of carbonyl (C=O) groups excluding carboxylic acids is 2. The fourth-order valence-electron chi connectivity index (χ4n) is 4.12. The monoisotopic (exact) mass is 494 g/mol. The van der Waals surface area contributed by atoms with Crippen molar-refractivity contribution in [3.8, 4) is 11.5 Å². The maximum atomic E-state index is 13.2. The number of ether oxygens (including phenoxy) is 2. The van der Waals surface area contributed by atoms with Crippen LogP contribution in [0.25, 0.3) is 5.76 Å². The van der Waals surface area contributed by atoms with E-state index in [4.69, 9.17) is 9.47 Å². The molecule has 1 aliphatic rings. The summed E-state index contributed by atoms with van der Waals surface area (Å²) in [6, 6.07) is 12.0. The summed E-state index contributed by atoms with van der Waals surface area (Å²) >= 11 is 0. The van der Waals surface area contributed by atoms with E-state index in [2.05, 4.69) is 13.8 Å². The summed E-state index contributed by atoms with van der Waals surface area (Å²) in [7, 11) is 3.82. The largest absolute Gasteiger partial charge is 0.507 e. The number of likely N-dealkylation sites (N-methyl/N-ethyl adjacent to an activating group) is 1. The first-order valence-electron chi connectivity index (χ1n) is 12.5. The first-order chi connectivity index (χ1) is 17.1. The number of rotatable bonds is 11. The second-order valence-corrected chi connectivity index (χ2v) is 9.83. The van der Waals surface area contributed by atoms with E-state index >= 15 is 0 Å². The minimum Gasteiger partial charge on any atom is -0.507 e. The topological polar surface area (TPSA) is 79.3 Å². The molecule has 1 atom stereocenters. The number of aryl methyl sites for hydroxylation is 1. The molecule has 7 nitrogen and oxygen atoms in total. The van der Waals surface area contributed by atoms with Crippen molar-refractivity contribution >= 4 is 17.4 Å². The highest BCUT2D eigenvalue weighted by Crippen LogP contribution is 2.42. The van der Waals surface area contributed by atoms with Crippen LogP contribution in [0, 0.1) is 12.8 Å². The van der Waals surface area contributed by atoms with E-state index in [9.17, 15) is 14.7 Å². The number of ketones is 1. The Bertz CT molecular complexity index is 1110. The van der Waals surface area contributed by atoms with Crippen LogP contribution in [0.3, 0.4) is 0 Å². The molecule has 7 heteroatoms. The zero-order valence-corrected chi connectivity index (χ0v) is 22.2. The number of Topliss-reactive ketones (excluding diaryl/α,β-unsaturated/α-hetero) is 1. The van der Waals surface area contributed by atoms with Gasteiger partial charge in [0, 0.05) is 18.7 Å². The van der Waals surface area contributed by atoms with Crippen molar-refractivity contribution in [2.45, 2.75) is 40.2 Å². The lowest BCUT2D eigenvalue weighted by atomic mass is 9.94. The van der Waals surface area contributed by atoms with Crippen LogP contribution in [0.4, 0.5) is 0 Å². The highest BCUT2D eigenvalue weighted by Gasteiger charge is 2.46. The van der Waals surface area contributed by atoms with Crippen LogP contribution in [-0.2, 0) is 9.59 Å². The first-order valence-corrected chi connectivity index (χ1v) is 12.5. The van der Waals surface area contributed by atoms with Crippen molar-refractivity contribution in [2.24, 2.45) is 5.92 Å². The van der Waals surface area contributed by atoms with Crippen LogP contribution in [-0.4, -0.2) is 67.0 Å². The molecule has 0 aliphatic carbocycles.